The quantitative estimate of drug-likeness (QED) is 0.682. The summed E-state index contributed by atoms with van der Waals surface area (Å²) in [6.45, 7) is 0. The summed E-state index contributed by atoms with van der Waals surface area (Å²) < 4.78 is 0. The van der Waals surface area contributed by atoms with Gasteiger partial charge in [0, 0.05) is 16.7 Å². The lowest BCUT2D eigenvalue weighted by atomic mass is 10.1. The van der Waals surface area contributed by atoms with Crippen molar-refractivity contribution in [2.24, 2.45) is 5.73 Å². The van der Waals surface area contributed by atoms with Crippen molar-refractivity contribution in [1.82, 2.24) is 9.97 Å². The van der Waals surface area contributed by atoms with Crippen LogP contribution in [0.2, 0.25) is 0 Å². The number of rotatable bonds is 5. The molecular weight excluding hydrogens is 226 g/mol. The smallest absolute Gasteiger partial charge is 0.323 e. The highest BCUT2D eigenvalue weighted by Crippen LogP contribution is 2.23. The van der Waals surface area contributed by atoms with Crippen LogP contribution in [0.4, 0.5) is 0 Å². The number of nitrogens with one attached hydrogen (secondary N) is 2. The van der Waals surface area contributed by atoms with E-state index in [9.17, 15) is 9.59 Å². The van der Waals surface area contributed by atoms with Crippen molar-refractivity contribution in [3.8, 4) is 0 Å². The standard InChI is InChI=1S/C10H13N3O2S/c11-8(14)4-2-1-3-7-9-6(5-16-7)12-10(15)13-9/h5H,1-4H2,(H2,11,14)(H2,12,13,15). The molecule has 6 heteroatoms. The number of aromatic amines is 2. The van der Waals surface area contributed by atoms with Crippen molar-refractivity contribution >= 4 is 28.3 Å². The summed E-state index contributed by atoms with van der Waals surface area (Å²) in [4.78, 5) is 28.2. The van der Waals surface area contributed by atoms with Gasteiger partial charge in [-0.05, 0) is 19.3 Å². The molecule has 0 spiro atoms. The maximum absolute atomic E-state index is 11.1. The van der Waals surface area contributed by atoms with E-state index in [2.05, 4.69) is 9.97 Å². The second kappa shape index (κ2) is 4.52. The van der Waals surface area contributed by atoms with E-state index in [1.165, 1.54) is 0 Å². The van der Waals surface area contributed by atoms with Crippen LogP contribution in [0.15, 0.2) is 10.2 Å². The molecule has 2 aromatic heterocycles. The van der Waals surface area contributed by atoms with E-state index in [0.717, 1.165) is 35.2 Å². The number of carbonyl (C=O) groups is 1. The molecule has 0 unspecified atom stereocenters. The van der Waals surface area contributed by atoms with Crippen LogP contribution in [-0.4, -0.2) is 15.9 Å². The van der Waals surface area contributed by atoms with Gasteiger partial charge in [-0.25, -0.2) is 4.79 Å². The Morgan fingerprint density at radius 1 is 1.38 bits per heavy atom. The van der Waals surface area contributed by atoms with Crippen LogP contribution in [0.3, 0.4) is 0 Å². The number of H-pyrrole nitrogens is 2. The van der Waals surface area contributed by atoms with Crippen LogP contribution in [0, 0.1) is 0 Å². The minimum atomic E-state index is -0.258. The Morgan fingerprint density at radius 3 is 2.94 bits per heavy atom. The third kappa shape index (κ3) is 2.33. The Bertz CT molecular complexity index is 552. The van der Waals surface area contributed by atoms with Gasteiger partial charge in [0.05, 0.1) is 11.0 Å². The van der Waals surface area contributed by atoms with E-state index in [-0.39, 0.29) is 11.6 Å². The van der Waals surface area contributed by atoms with E-state index in [1.54, 1.807) is 11.3 Å². The van der Waals surface area contributed by atoms with Gasteiger partial charge in [-0.3, -0.25) is 4.79 Å². The van der Waals surface area contributed by atoms with Crippen molar-refractivity contribution in [1.29, 1.82) is 0 Å². The van der Waals surface area contributed by atoms with Crippen LogP contribution >= 0.6 is 11.3 Å². The number of hydrogen-bond acceptors (Lipinski definition) is 3. The maximum atomic E-state index is 11.1. The lowest BCUT2D eigenvalue weighted by molar-refractivity contribution is -0.118. The van der Waals surface area contributed by atoms with Gasteiger partial charge in [0.15, 0.2) is 0 Å². The SMILES string of the molecule is NC(=O)CCCCc1scc2[nH]c(=O)[nH]c12. The van der Waals surface area contributed by atoms with Gasteiger partial charge in [0.25, 0.3) is 0 Å². The van der Waals surface area contributed by atoms with E-state index < -0.39 is 0 Å². The normalized spacial score (nSPS) is 11.0. The van der Waals surface area contributed by atoms with Crippen LogP contribution in [0.5, 0.6) is 0 Å². The molecule has 4 N–H and O–H groups in total. The Hall–Kier alpha value is -1.56. The Morgan fingerprint density at radius 2 is 2.19 bits per heavy atom. The fourth-order valence-electron chi connectivity index (χ4n) is 1.66. The summed E-state index contributed by atoms with van der Waals surface area (Å²) in [5.41, 5.74) is 6.65. The Labute approximate surface area is 95.7 Å². The third-order valence-electron chi connectivity index (χ3n) is 2.43. The molecule has 0 saturated carbocycles. The molecule has 86 valence electrons. The van der Waals surface area contributed by atoms with Gasteiger partial charge in [-0.1, -0.05) is 0 Å². The summed E-state index contributed by atoms with van der Waals surface area (Å²) in [6, 6.07) is 0. The molecule has 0 aromatic carbocycles. The molecule has 0 fully saturated rings. The number of hydrogen-bond donors (Lipinski definition) is 3. The lowest BCUT2D eigenvalue weighted by Crippen LogP contribution is -2.09. The van der Waals surface area contributed by atoms with Crippen LogP contribution in [0.25, 0.3) is 11.0 Å². The first-order valence-corrected chi connectivity index (χ1v) is 6.01. The fraction of sp³-hybridized carbons (Fsp3) is 0.400. The van der Waals surface area contributed by atoms with E-state index in [0.29, 0.717) is 6.42 Å². The molecule has 0 aliphatic heterocycles. The monoisotopic (exact) mass is 239 g/mol. The first kappa shape index (κ1) is 10.9. The summed E-state index contributed by atoms with van der Waals surface area (Å²) in [5, 5.41) is 1.93. The fourth-order valence-corrected chi connectivity index (χ4v) is 2.64. The van der Waals surface area contributed by atoms with Crippen molar-refractivity contribution in [3.63, 3.8) is 0 Å². The second-order valence-corrected chi connectivity index (χ2v) is 4.66. The molecular formula is C10H13N3O2S. The van der Waals surface area contributed by atoms with E-state index in [4.69, 9.17) is 5.73 Å². The average Bonchev–Trinajstić information content (AvgIpc) is 2.72. The largest absolute Gasteiger partial charge is 0.370 e. The number of aromatic nitrogens is 2. The molecule has 2 heterocycles. The maximum Gasteiger partial charge on any atom is 0.323 e. The molecule has 0 atom stereocenters. The zero-order valence-electron chi connectivity index (χ0n) is 8.71. The van der Waals surface area contributed by atoms with Gasteiger partial charge in [-0.15, -0.1) is 11.3 Å². The van der Waals surface area contributed by atoms with E-state index >= 15 is 0 Å². The zero-order valence-corrected chi connectivity index (χ0v) is 9.52. The number of carbonyl (C=O) groups excluding carboxylic acids is 1. The first-order valence-electron chi connectivity index (χ1n) is 5.13. The molecule has 5 nitrogen and oxygen atoms in total. The van der Waals surface area contributed by atoms with Gasteiger partial charge >= 0.3 is 5.69 Å². The van der Waals surface area contributed by atoms with Gasteiger partial charge in [0.1, 0.15) is 0 Å². The van der Waals surface area contributed by atoms with Gasteiger partial charge in [0.2, 0.25) is 5.91 Å². The predicted molar refractivity (Wildman–Crippen MR) is 63.5 cm³/mol. The Balaban J connectivity index is 1.98. The molecule has 2 rings (SSSR count). The van der Waals surface area contributed by atoms with Gasteiger partial charge in [-0.2, -0.15) is 0 Å². The predicted octanol–water partition coefficient (Wildman–Crippen LogP) is 1.12. The highest BCUT2D eigenvalue weighted by molar-refractivity contribution is 7.11. The number of imidazole rings is 1. The number of primary amides is 1. The van der Waals surface area contributed by atoms with Crippen molar-refractivity contribution in [2.45, 2.75) is 25.7 Å². The molecule has 0 aliphatic carbocycles. The molecule has 0 radical (unpaired) electrons. The van der Waals surface area contributed by atoms with Crippen molar-refractivity contribution < 1.29 is 4.79 Å². The van der Waals surface area contributed by atoms with Gasteiger partial charge < -0.3 is 15.7 Å². The highest BCUT2D eigenvalue weighted by Gasteiger charge is 2.07. The molecule has 0 saturated heterocycles. The summed E-state index contributed by atoms with van der Waals surface area (Å²) in [6.07, 6.45) is 3.00. The molecule has 1 amide bonds. The third-order valence-corrected chi connectivity index (χ3v) is 3.48. The Kier molecular flexibility index (Phi) is 3.09. The topological polar surface area (TPSA) is 91.7 Å². The number of amides is 1. The second-order valence-electron chi connectivity index (χ2n) is 3.70. The van der Waals surface area contributed by atoms with Crippen LogP contribution in [-0.2, 0) is 11.2 Å². The van der Waals surface area contributed by atoms with E-state index in [1.807, 2.05) is 5.38 Å². The molecule has 2 aromatic rings. The molecule has 0 bridgehead atoms. The first-order chi connectivity index (χ1) is 7.66. The summed E-state index contributed by atoms with van der Waals surface area (Å²) in [5.74, 6) is -0.258. The number of thiophene rings is 1. The molecule has 16 heavy (non-hydrogen) atoms. The lowest BCUT2D eigenvalue weighted by Gasteiger charge is -1.96. The minimum absolute atomic E-state index is 0.170. The average molecular weight is 239 g/mol. The van der Waals surface area contributed by atoms with Crippen molar-refractivity contribution in [2.75, 3.05) is 0 Å². The number of aryl methyl sites for hydroxylation is 1. The highest BCUT2D eigenvalue weighted by atomic mass is 32.1. The zero-order chi connectivity index (χ0) is 11.5. The number of nitrogens with two attached hydrogens (primary N) is 1. The van der Waals surface area contributed by atoms with Crippen LogP contribution < -0.4 is 11.4 Å². The summed E-state index contributed by atoms with van der Waals surface area (Å²) in [7, 11) is 0. The molecule has 0 aliphatic rings. The van der Waals surface area contributed by atoms with Crippen molar-refractivity contribution in [3.05, 3.63) is 20.7 Å². The number of unbranched alkanes of at least 4 members (excludes halogenated alkanes) is 1. The summed E-state index contributed by atoms with van der Waals surface area (Å²) >= 11 is 1.62. The minimum Gasteiger partial charge on any atom is -0.370 e. The van der Waals surface area contributed by atoms with Crippen LogP contribution in [0.1, 0.15) is 24.1 Å². The number of fused-ring (bicyclic) bond motifs is 1.